The van der Waals surface area contributed by atoms with Gasteiger partial charge in [0.15, 0.2) is 11.6 Å². The summed E-state index contributed by atoms with van der Waals surface area (Å²) in [5.74, 6) is -1.30. The summed E-state index contributed by atoms with van der Waals surface area (Å²) < 4.78 is 33.3. The minimum absolute atomic E-state index is 0.0371. The number of nitrogens with zero attached hydrogens (tertiary/aromatic N) is 3. The molecule has 5 nitrogen and oxygen atoms in total. The number of unbranched alkanes of at least 4 members (excludes halogenated alkanes) is 1. The van der Waals surface area contributed by atoms with Crippen LogP contribution >= 0.6 is 0 Å². The number of halogens is 2. The molecule has 0 fully saturated rings. The minimum atomic E-state index is -0.957. The van der Waals surface area contributed by atoms with Crippen LogP contribution in [0.4, 0.5) is 8.78 Å². The fourth-order valence-corrected chi connectivity index (χ4v) is 2.57. The molecule has 138 valence electrons. The van der Waals surface area contributed by atoms with Gasteiger partial charge < -0.3 is 9.84 Å². The molecule has 1 atom stereocenters. The second kappa shape index (κ2) is 7.91. The molecule has 0 aliphatic heterocycles. The average molecular weight is 353 g/mol. The summed E-state index contributed by atoms with van der Waals surface area (Å²) in [6, 6.07) is 3.24. The first-order valence-electron chi connectivity index (χ1n) is 8.34. The number of hydrogen-bond donors (Lipinski definition) is 1. The van der Waals surface area contributed by atoms with Gasteiger partial charge in [-0.05, 0) is 36.8 Å². The maximum Gasteiger partial charge on any atom is 0.167 e. The highest BCUT2D eigenvalue weighted by Crippen LogP contribution is 2.36. The van der Waals surface area contributed by atoms with Crippen molar-refractivity contribution in [2.24, 2.45) is 5.41 Å². The van der Waals surface area contributed by atoms with Crippen molar-refractivity contribution in [3.63, 3.8) is 0 Å². The van der Waals surface area contributed by atoms with Crippen LogP contribution in [0.25, 0.3) is 0 Å². The lowest BCUT2D eigenvalue weighted by molar-refractivity contribution is -0.0817. The maximum absolute atomic E-state index is 13.5. The molecule has 2 rings (SSSR count). The second-order valence-electron chi connectivity index (χ2n) is 7.25. The van der Waals surface area contributed by atoms with E-state index in [1.807, 2.05) is 20.8 Å². The van der Waals surface area contributed by atoms with Crippen LogP contribution < -0.4 is 4.74 Å². The molecule has 0 aliphatic rings. The van der Waals surface area contributed by atoms with Gasteiger partial charge in [0.05, 0.1) is 18.8 Å². The number of ether oxygens (including phenoxy) is 1. The van der Waals surface area contributed by atoms with Crippen molar-refractivity contribution < 1.29 is 18.6 Å². The summed E-state index contributed by atoms with van der Waals surface area (Å²) in [4.78, 5) is 3.90. The number of hydrogen-bond acceptors (Lipinski definition) is 4. The van der Waals surface area contributed by atoms with Crippen LogP contribution in [-0.2, 0) is 6.54 Å². The van der Waals surface area contributed by atoms with Gasteiger partial charge in [-0.15, -0.1) is 0 Å². The van der Waals surface area contributed by atoms with Crippen LogP contribution in [0.3, 0.4) is 0 Å². The summed E-state index contributed by atoms with van der Waals surface area (Å²) in [5.41, 5.74) is -1.30. The van der Waals surface area contributed by atoms with Crippen LogP contribution in [0.5, 0.6) is 5.75 Å². The van der Waals surface area contributed by atoms with E-state index in [9.17, 15) is 13.9 Å². The Morgan fingerprint density at radius 2 is 1.96 bits per heavy atom. The van der Waals surface area contributed by atoms with Gasteiger partial charge in [-0.25, -0.2) is 13.8 Å². The summed E-state index contributed by atoms with van der Waals surface area (Å²) >= 11 is 0. The van der Waals surface area contributed by atoms with Gasteiger partial charge in [0.1, 0.15) is 18.5 Å². The summed E-state index contributed by atoms with van der Waals surface area (Å²) in [7, 11) is 0. The SMILES string of the molecule is CC(C)(C)C(O)(CCCCOc1ccc(F)cc1F)Cn1cncn1. The molecule has 0 saturated carbocycles. The highest BCUT2D eigenvalue weighted by atomic mass is 19.1. The Bertz CT molecular complexity index is 671. The highest BCUT2D eigenvalue weighted by molar-refractivity contribution is 5.24. The van der Waals surface area contributed by atoms with E-state index in [0.717, 1.165) is 12.1 Å². The lowest BCUT2D eigenvalue weighted by atomic mass is 9.73. The fourth-order valence-electron chi connectivity index (χ4n) is 2.57. The van der Waals surface area contributed by atoms with Crippen LogP contribution in [0.2, 0.25) is 0 Å². The zero-order valence-electron chi connectivity index (χ0n) is 14.9. The molecule has 1 heterocycles. The number of aromatic nitrogens is 3. The molecule has 0 spiro atoms. The molecular weight excluding hydrogens is 328 g/mol. The van der Waals surface area contributed by atoms with Gasteiger partial charge in [0, 0.05) is 6.07 Å². The second-order valence-corrected chi connectivity index (χ2v) is 7.25. The number of benzene rings is 1. The molecule has 25 heavy (non-hydrogen) atoms. The quantitative estimate of drug-likeness (QED) is 0.737. The Hall–Kier alpha value is -2.02. The number of aliphatic hydroxyl groups is 1. The van der Waals surface area contributed by atoms with E-state index < -0.39 is 17.2 Å². The third-order valence-electron chi connectivity index (χ3n) is 4.42. The molecule has 0 radical (unpaired) electrons. The van der Waals surface area contributed by atoms with Gasteiger partial charge in [-0.1, -0.05) is 20.8 Å². The van der Waals surface area contributed by atoms with Crippen LogP contribution in [0, 0.1) is 17.0 Å². The largest absolute Gasteiger partial charge is 0.491 e. The molecule has 1 aromatic carbocycles. The molecule has 0 aliphatic carbocycles. The first kappa shape index (κ1) is 19.3. The standard InChI is InChI=1S/C18H25F2N3O2/c1-17(2,3)18(24,11-23-13-21-12-22-23)8-4-5-9-25-16-7-6-14(19)10-15(16)20/h6-7,10,12-13,24H,4-5,8-9,11H2,1-3H3. The topological polar surface area (TPSA) is 60.2 Å². The van der Waals surface area contributed by atoms with E-state index in [1.54, 1.807) is 11.0 Å². The van der Waals surface area contributed by atoms with Crippen molar-refractivity contribution >= 4 is 0 Å². The molecule has 0 saturated heterocycles. The summed E-state index contributed by atoms with van der Waals surface area (Å²) in [6.07, 6.45) is 4.91. The minimum Gasteiger partial charge on any atom is -0.491 e. The molecule has 1 N–H and O–H groups in total. The molecular formula is C18H25F2N3O2. The van der Waals surface area contributed by atoms with Crippen LogP contribution in [0.15, 0.2) is 30.9 Å². The van der Waals surface area contributed by atoms with Crippen molar-refractivity contribution in [1.82, 2.24) is 14.8 Å². The Labute approximate surface area is 146 Å². The first-order valence-corrected chi connectivity index (χ1v) is 8.34. The monoisotopic (exact) mass is 353 g/mol. The van der Waals surface area contributed by atoms with E-state index >= 15 is 0 Å². The zero-order chi connectivity index (χ0) is 18.5. The van der Waals surface area contributed by atoms with Gasteiger partial charge in [0.25, 0.3) is 0 Å². The van der Waals surface area contributed by atoms with Crippen LogP contribution in [0.1, 0.15) is 40.0 Å². The Morgan fingerprint density at radius 3 is 2.56 bits per heavy atom. The first-order chi connectivity index (χ1) is 11.7. The van der Waals surface area contributed by atoms with E-state index in [0.29, 0.717) is 32.4 Å². The van der Waals surface area contributed by atoms with Crippen LogP contribution in [-0.4, -0.2) is 32.1 Å². The predicted octanol–water partition coefficient (Wildman–Crippen LogP) is 3.58. The molecule has 7 heteroatoms. The summed E-state index contributed by atoms with van der Waals surface area (Å²) in [5, 5.41) is 15.1. The molecule has 0 amide bonds. The third-order valence-corrected chi connectivity index (χ3v) is 4.42. The lowest BCUT2D eigenvalue weighted by Gasteiger charge is -2.40. The van der Waals surface area contributed by atoms with Gasteiger partial charge in [-0.3, -0.25) is 4.68 Å². The van der Waals surface area contributed by atoms with E-state index in [4.69, 9.17) is 4.74 Å². The normalized spacial score (nSPS) is 14.3. The van der Waals surface area contributed by atoms with Crippen molar-refractivity contribution in [2.45, 2.75) is 52.2 Å². The average Bonchev–Trinajstić information content (AvgIpc) is 3.00. The Kier molecular flexibility index (Phi) is 6.11. The smallest absolute Gasteiger partial charge is 0.167 e. The molecule has 1 unspecified atom stereocenters. The van der Waals surface area contributed by atoms with Gasteiger partial charge in [-0.2, -0.15) is 5.10 Å². The molecule has 2 aromatic rings. The highest BCUT2D eigenvalue weighted by Gasteiger charge is 2.40. The van der Waals surface area contributed by atoms with Crippen molar-refractivity contribution in [1.29, 1.82) is 0 Å². The van der Waals surface area contributed by atoms with E-state index in [-0.39, 0.29) is 11.2 Å². The Balaban J connectivity index is 1.84. The van der Waals surface area contributed by atoms with Crippen molar-refractivity contribution in [3.05, 3.63) is 42.5 Å². The fraction of sp³-hybridized carbons (Fsp3) is 0.556. The summed E-state index contributed by atoms with van der Waals surface area (Å²) in [6.45, 7) is 6.59. The third kappa shape index (κ3) is 5.22. The molecule has 1 aromatic heterocycles. The Morgan fingerprint density at radius 1 is 1.20 bits per heavy atom. The van der Waals surface area contributed by atoms with Crippen molar-refractivity contribution in [2.75, 3.05) is 6.61 Å². The number of rotatable bonds is 8. The predicted molar refractivity (Wildman–Crippen MR) is 90.1 cm³/mol. The maximum atomic E-state index is 13.5. The lowest BCUT2D eigenvalue weighted by Crippen LogP contribution is -2.46. The molecule has 0 bridgehead atoms. The van der Waals surface area contributed by atoms with E-state index in [2.05, 4.69) is 10.1 Å². The zero-order valence-corrected chi connectivity index (χ0v) is 14.9. The van der Waals surface area contributed by atoms with Gasteiger partial charge in [0.2, 0.25) is 0 Å². The van der Waals surface area contributed by atoms with Gasteiger partial charge >= 0.3 is 0 Å². The van der Waals surface area contributed by atoms with E-state index in [1.165, 1.54) is 12.4 Å². The van der Waals surface area contributed by atoms with Crippen molar-refractivity contribution in [3.8, 4) is 5.75 Å².